The average molecular weight is 340 g/mol. The molecule has 5 rings (SSSR count). The van der Waals surface area contributed by atoms with Crippen molar-refractivity contribution in [2.45, 2.75) is 38.1 Å². The lowest BCUT2D eigenvalue weighted by molar-refractivity contribution is -0.135. The van der Waals surface area contributed by atoms with Crippen molar-refractivity contribution in [2.24, 2.45) is 11.3 Å². The van der Waals surface area contributed by atoms with Gasteiger partial charge in [0.05, 0.1) is 0 Å². The number of hydrogen-bond donors (Lipinski definition) is 1. The number of hydrogen-bond acceptors (Lipinski definition) is 3. The van der Waals surface area contributed by atoms with Crippen LogP contribution in [-0.2, 0) is 4.74 Å². The van der Waals surface area contributed by atoms with E-state index in [2.05, 4.69) is 15.2 Å². The first-order chi connectivity index (χ1) is 12.3. The van der Waals surface area contributed by atoms with Crippen molar-refractivity contribution in [3.8, 4) is 0 Å². The van der Waals surface area contributed by atoms with Gasteiger partial charge in [0.15, 0.2) is 0 Å². The Morgan fingerprint density at radius 3 is 2.88 bits per heavy atom. The molecule has 0 aromatic carbocycles. The molecule has 25 heavy (non-hydrogen) atoms. The van der Waals surface area contributed by atoms with E-state index in [4.69, 9.17) is 4.74 Å². The number of ether oxygens (including phenoxy) is 1. The van der Waals surface area contributed by atoms with E-state index >= 15 is 0 Å². The first kappa shape index (κ1) is 15.2. The van der Waals surface area contributed by atoms with Crippen LogP contribution in [0.2, 0.25) is 0 Å². The number of pyridine rings is 1. The number of nitrogens with zero attached hydrogens (tertiary/aromatic N) is 3. The molecule has 2 amide bonds. The molecule has 1 atom stereocenters. The molecule has 1 spiro atoms. The van der Waals surface area contributed by atoms with E-state index in [1.54, 1.807) is 6.20 Å². The van der Waals surface area contributed by atoms with Crippen LogP contribution in [0, 0.1) is 11.3 Å². The molecule has 0 radical (unpaired) electrons. The van der Waals surface area contributed by atoms with Crippen LogP contribution >= 0.6 is 0 Å². The molecule has 2 saturated heterocycles. The third-order valence-electron chi connectivity index (χ3n) is 6.42. The van der Waals surface area contributed by atoms with Crippen LogP contribution < -0.4 is 5.32 Å². The summed E-state index contributed by atoms with van der Waals surface area (Å²) < 4.78 is 7.47. The molecule has 2 aromatic rings. The summed E-state index contributed by atoms with van der Waals surface area (Å²) in [5.41, 5.74) is 2.05. The van der Waals surface area contributed by atoms with Gasteiger partial charge in [-0.05, 0) is 37.7 Å². The van der Waals surface area contributed by atoms with Crippen molar-refractivity contribution in [3.63, 3.8) is 0 Å². The zero-order chi connectivity index (χ0) is 16.9. The molecule has 0 bridgehead atoms. The average Bonchev–Trinajstić information content (AvgIpc) is 3.01. The van der Waals surface area contributed by atoms with Crippen LogP contribution in [0.15, 0.2) is 30.7 Å². The SMILES string of the molecule is O=C(Nc1ccn2ccnc2c1)N1CC2(CCC2)C1C1CCOCC1. The number of nitrogens with one attached hydrogen (secondary N) is 1. The normalized spacial score (nSPS) is 25.6. The Morgan fingerprint density at radius 1 is 1.28 bits per heavy atom. The van der Waals surface area contributed by atoms with Gasteiger partial charge in [-0.3, -0.25) is 0 Å². The van der Waals surface area contributed by atoms with Gasteiger partial charge in [0.2, 0.25) is 0 Å². The molecule has 132 valence electrons. The van der Waals surface area contributed by atoms with Crippen LogP contribution in [0.3, 0.4) is 0 Å². The molecule has 3 fully saturated rings. The summed E-state index contributed by atoms with van der Waals surface area (Å²) in [7, 11) is 0. The Balaban J connectivity index is 1.33. The number of amides is 2. The number of rotatable bonds is 2. The highest BCUT2D eigenvalue weighted by atomic mass is 16.5. The number of likely N-dealkylation sites (tertiary alicyclic amines) is 1. The minimum atomic E-state index is 0.0323. The van der Waals surface area contributed by atoms with Crippen molar-refractivity contribution in [2.75, 3.05) is 25.1 Å². The summed E-state index contributed by atoms with van der Waals surface area (Å²) in [6, 6.07) is 4.26. The first-order valence-electron chi connectivity index (χ1n) is 9.33. The third-order valence-corrected chi connectivity index (χ3v) is 6.42. The van der Waals surface area contributed by atoms with Gasteiger partial charge in [-0.25, -0.2) is 9.78 Å². The van der Waals surface area contributed by atoms with Gasteiger partial charge < -0.3 is 19.4 Å². The molecule has 6 heteroatoms. The summed E-state index contributed by atoms with van der Waals surface area (Å²) in [6.07, 6.45) is 11.6. The van der Waals surface area contributed by atoms with Crippen LogP contribution in [0.1, 0.15) is 32.1 Å². The van der Waals surface area contributed by atoms with Crippen LogP contribution in [0.4, 0.5) is 10.5 Å². The van der Waals surface area contributed by atoms with E-state index in [0.29, 0.717) is 17.4 Å². The van der Waals surface area contributed by atoms with Crippen molar-refractivity contribution in [3.05, 3.63) is 30.7 Å². The molecule has 1 unspecified atom stereocenters. The summed E-state index contributed by atoms with van der Waals surface area (Å²) in [5, 5.41) is 3.08. The maximum Gasteiger partial charge on any atom is 0.322 e. The number of aromatic nitrogens is 2. The van der Waals surface area contributed by atoms with E-state index in [-0.39, 0.29) is 6.03 Å². The molecular weight excluding hydrogens is 316 g/mol. The van der Waals surface area contributed by atoms with Crippen LogP contribution in [0.25, 0.3) is 5.65 Å². The molecule has 3 aliphatic rings. The Hall–Kier alpha value is -2.08. The number of carbonyl (C=O) groups excluding carboxylic acids is 1. The maximum absolute atomic E-state index is 12.9. The second-order valence-corrected chi connectivity index (χ2v) is 7.78. The third kappa shape index (κ3) is 2.42. The van der Waals surface area contributed by atoms with E-state index in [1.807, 2.05) is 28.9 Å². The molecule has 1 aliphatic carbocycles. The van der Waals surface area contributed by atoms with Gasteiger partial charge in [0.25, 0.3) is 0 Å². The fourth-order valence-corrected chi connectivity index (χ4v) is 5.00. The predicted molar refractivity (Wildman–Crippen MR) is 94.5 cm³/mol. The highest BCUT2D eigenvalue weighted by molar-refractivity contribution is 5.90. The lowest BCUT2D eigenvalue weighted by Crippen LogP contribution is -2.72. The topological polar surface area (TPSA) is 58.9 Å². The van der Waals surface area contributed by atoms with Gasteiger partial charge in [-0.1, -0.05) is 6.42 Å². The minimum Gasteiger partial charge on any atom is -0.381 e. The van der Waals surface area contributed by atoms with Gasteiger partial charge in [0, 0.05) is 61.6 Å². The quantitative estimate of drug-likeness (QED) is 0.914. The van der Waals surface area contributed by atoms with Crippen molar-refractivity contribution < 1.29 is 9.53 Å². The Morgan fingerprint density at radius 2 is 2.12 bits per heavy atom. The molecule has 1 N–H and O–H groups in total. The van der Waals surface area contributed by atoms with Crippen molar-refractivity contribution >= 4 is 17.4 Å². The largest absolute Gasteiger partial charge is 0.381 e. The van der Waals surface area contributed by atoms with Gasteiger partial charge in [-0.15, -0.1) is 0 Å². The fraction of sp³-hybridized carbons (Fsp3) is 0.579. The summed E-state index contributed by atoms with van der Waals surface area (Å²) >= 11 is 0. The highest BCUT2D eigenvalue weighted by Gasteiger charge is 2.59. The zero-order valence-electron chi connectivity index (χ0n) is 14.4. The summed E-state index contributed by atoms with van der Waals surface area (Å²) in [5.74, 6) is 0.586. The molecular formula is C19H24N4O2. The summed E-state index contributed by atoms with van der Waals surface area (Å²) in [4.78, 5) is 19.3. The molecule has 2 aliphatic heterocycles. The van der Waals surface area contributed by atoms with Crippen molar-refractivity contribution in [1.29, 1.82) is 0 Å². The minimum absolute atomic E-state index is 0.0323. The molecule has 4 heterocycles. The number of anilines is 1. The lowest BCUT2D eigenvalue weighted by Gasteiger charge is -2.64. The first-order valence-corrected chi connectivity index (χ1v) is 9.33. The van der Waals surface area contributed by atoms with Gasteiger partial charge >= 0.3 is 6.03 Å². The lowest BCUT2D eigenvalue weighted by atomic mass is 9.54. The number of urea groups is 1. The Kier molecular flexibility index (Phi) is 3.48. The number of imidazole rings is 1. The van der Waals surface area contributed by atoms with E-state index in [1.165, 1.54) is 19.3 Å². The monoisotopic (exact) mass is 340 g/mol. The fourth-order valence-electron chi connectivity index (χ4n) is 5.00. The van der Waals surface area contributed by atoms with Gasteiger partial charge in [0.1, 0.15) is 5.65 Å². The Bertz CT molecular complexity index is 792. The zero-order valence-corrected chi connectivity index (χ0v) is 14.4. The van der Waals surface area contributed by atoms with Gasteiger partial charge in [-0.2, -0.15) is 0 Å². The number of fused-ring (bicyclic) bond motifs is 1. The smallest absolute Gasteiger partial charge is 0.322 e. The Labute approximate surface area is 147 Å². The predicted octanol–water partition coefficient (Wildman–Crippen LogP) is 3.15. The van der Waals surface area contributed by atoms with Crippen LogP contribution in [0.5, 0.6) is 0 Å². The van der Waals surface area contributed by atoms with Crippen molar-refractivity contribution in [1.82, 2.24) is 14.3 Å². The summed E-state index contributed by atoms with van der Waals surface area (Å²) in [6.45, 7) is 2.58. The van der Waals surface area contributed by atoms with E-state index in [0.717, 1.165) is 43.9 Å². The maximum atomic E-state index is 12.9. The van der Waals surface area contributed by atoms with E-state index < -0.39 is 0 Å². The van der Waals surface area contributed by atoms with E-state index in [9.17, 15) is 4.79 Å². The standard InChI is InChI=1S/C19H24N4O2/c24-18(21-15-2-8-22-9-7-20-16(22)12-15)23-13-19(5-1-6-19)17(23)14-3-10-25-11-4-14/h2,7-9,12,14,17H,1,3-6,10-11,13H2,(H,21,24). The second kappa shape index (κ2) is 5.73. The number of carbonyl (C=O) groups is 1. The highest BCUT2D eigenvalue weighted by Crippen LogP contribution is 2.56. The van der Waals surface area contributed by atoms with Crippen LogP contribution in [-0.4, -0.2) is 46.1 Å². The molecule has 6 nitrogen and oxygen atoms in total. The molecule has 2 aromatic heterocycles. The second-order valence-electron chi connectivity index (χ2n) is 7.78. The molecule has 1 saturated carbocycles.